The van der Waals surface area contributed by atoms with E-state index in [9.17, 15) is 4.79 Å². The zero-order valence-electron chi connectivity index (χ0n) is 10.1. The van der Waals surface area contributed by atoms with Gasteiger partial charge in [0.05, 0.1) is 5.92 Å². The number of carbonyl (C=O) groups is 1. The van der Waals surface area contributed by atoms with Gasteiger partial charge in [-0.2, -0.15) is 0 Å². The van der Waals surface area contributed by atoms with E-state index in [1.165, 1.54) is 5.56 Å². The maximum Gasteiger partial charge on any atom is 0.227 e. The van der Waals surface area contributed by atoms with Gasteiger partial charge in [0.1, 0.15) is 0 Å². The highest BCUT2D eigenvalue weighted by molar-refractivity contribution is 5.79. The molecule has 1 heterocycles. The maximum atomic E-state index is 12.2. The largest absolute Gasteiger partial charge is 0.342 e. The lowest BCUT2D eigenvalue weighted by atomic mass is 9.98. The first-order chi connectivity index (χ1) is 8.31. The molecule has 17 heavy (non-hydrogen) atoms. The smallest absolute Gasteiger partial charge is 0.227 e. The van der Waals surface area contributed by atoms with Crippen molar-refractivity contribution in [2.75, 3.05) is 19.6 Å². The van der Waals surface area contributed by atoms with E-state index in [2.05, 4.69) is 12.1 Å². The molecule has 1 amide bonds. The molecule has 2 N–H and O–H groups in total. The summed E-state index contributed by atoms with van der Waals surface area (Å²) in [6.07, 6.45) is 3.02. The Balaban J connectivity index is 1.98. The van der Waals surface area contributed by atoms with Gasteiger partial charge < -0.3 is 10.6 Å². The average molecular weight is 232 g/mol. The molecule has 1 atom stereocenters. The summed E-state index contributed by atoms with van der Waals surface area (Å²) in [5.41, 5.74) is 6.93. The van der Waals surface area contributed by atoms with Gasteiger partial charge in [-0.15, -0.1) is 0 Å². The van der Waals surface area contributed by atoms with Crippen LogP contribution in [0, 0.1) is 5.92 Å². The van der Waals surface area contributed by atoms with Crippen molar-refractivity contribution in [2.24, 2.45) is 11.7 Å². The first-order valence-corrected chi connectivity index (χ1v) is 6.34. The van der Waals surface area contributed by atoms with Crippen LogP contribution in [0.15, 0.2) is 30.3 Å². The van der Waals surface area contributed by atoms with Crippen molar-refractivity contribution >= 4 is 5.91 Å². The summed E-state index contributed by atoms with van der Waals surface area (Å²) in [5, 5.41) is 0. The molecule has 1 fully saturated rings. The van der Waals surface area contributed by atoms with Gasteiger partial charge in [0.25, 0.3) is 0 Å². The van der Waals surface area contributed by atoms with E-state index in [1.807, 2.05) is 23.1 Å². The van der Waals surface area contributed by atoms with Crippen LogP contribution in [0.5, 0.6) is 0 Å². The molecule has 3 nitrogen and oxygen atoms in total. The first-order valence-electron chi connectivity index (χ1n) is 6.34. The normalized spacial score (nSPS) is 17.1. The number of nitrogens with zero attached hydrogens (tertiary/aromatic N) is 1. The second-order valence-electron chi connectivity index (χ2n) is 4.65. The van der Waals surface area contributed by atoms with Gasteiger partial charge in [-0.25, -0.2) is 0 Å². The fraction of sp³-hybridized carbons (Fsp3) is 0.500. The molecular formula is C14H20N2O. The van der Waals surface area contributed by atoms with Crippen LogP contribution in [0.25, 0.3) is 0 Å². The lowest BCUT2D eigenvalue weighted by molar-refractivity contribution is -0.134. The van der Waals surface area contributed by atoms with Crippen LogP contribution >= 0.6 is 0 Å². The Bertz CT molecular complexity index is 358. The molecule has 1 aliphatic rings. The van der Waals surface area contributed by atoms with Crippen LogP contribution in [0.4, 0.5) is 0 Å². The molecule has 0 aliphatic carbocycles. The van der Waals surface area contributed by atoms with E-state index in [-0.39, 0.29) is 11.8 Å². The second-order valence-corrected chi connectivity index (χ2v) is 4.65. The van der Waals surface area contributed by atoms with Crippen LogP contribution in [0.1, 0.15) is 18.4 Å². The Labute approximate surface area is 103 Å². The monoisotopic (exact) mass is 232 g/mol. The molecule has 1 aromatic carbocycles. The van der Waals surface area contributed by atoms with Crippen LogP contribution in [0.2, 0.25) is 0 Å². The second kappa shape index (κ2) is 5.82. The predicted molar refractivity (Wildman–Crippen MR) is 68.5 cm³/mol. The van der Waals surface area contributed by atoms with Crippen molar-refractivity contribution < 1.29 is 4.79 Å². The Hall–Kier alpha value is -1.35. The molecule has 0 bridgehead atoms. The standard InChI is InChI=1S/C14H20N2O/c15-11-13(10-12-6-2-1-3-7-12)14(17)16-8-4-5-9-16/h1-3,6-7,13H,4-5,8-11,15H2. The number of amides is 1. The summed E-state index contributed by atoms with van der Waals surface area (Å²) >= 11 is 0. The van der Waals surface area contributed by atoms with Crippen molar-refractivity contribution in [1.29, 1.82) is 0 Å². The Morgan fingerprint density at radius 2 is 1.88 bits per heavy atom. The zero-order valence-corrected chi connectivity index (χ0v) is 10.1. The van der Waals surface area contributed by atoms with Gasteiger partial charge >= 0.3 is 0 Å². The van der Waals surface area contributed by atoms with E-state index in [4.69, 9.17) is 5.73 Å². The summed E-state index contributed by atoms with van der Waals surface area (Å²) in [7, 11) is 0. The number of carbonyl (C=O) groups excluding carboxylic acids is 1. The summed E-state index contributed by atoms with van der Waals surface area (Å²) < 4.78 is 0. The molecular weight excluding hydrogens is 212 g/mol. The van der Waals surface area contributed by atoms with Gasteiger partial charge in [0, 0.05) is 19.6 Å². The number of likely N-dealkylation sites (tertiary alicyclic amines) is 1. The average Bonchev–Trinajstić information content (AvgIpc) is 2.90. The van der Waals surface area contributed by atoms with E-state index in [0.717, 1.165) is 32.4 Å². The summed E-state index contributed by atoms with van der Waals surface area (Å²) in [5.74, 6) is 0.171. The minimum atomic E-state index is -0.0597. The van der Waals surface area contributed by atoms with Crippen LogP contribution in [0.3, 0.4) is 0 Å². The summed E-state index contributed by atoms with van der Waals surface area (Å²) in [4.78, 5) is 14.2. The molecule has 3 heteroatoms. The van der Waals surface area contributed by atoms with E-state index < -0.39 is 0 Å². The Morgan fingerprint density at radius 3 is 2.47 bits per heavy atom. The van der Waals surface area contributed by atoms with Gasteiger partial charge in [-0.05, 0) is 24.8 Å². The molecule has 1 aromatic rings. The predicted octanol–water partition coefficient (Wildman–Crippen LogP) is 1.43. The molecule has 0 radical (unpaired) electrons. The highest BCUT2D eigenvalue weighted by Crippen LogP contribution is 2.15. The minimum absolute atomic E-state index is 0.0597. The summed E-state index contributed by atoms with van der Waals surface area (Å²) in [6.45, 7) is 2.25. The topological polar surface area (TPSA) is 46.3 Å². The minimum Gasteiger partial charge on any atom is -0.342 e. The summed E-state index contributed by atoms with van der Waals surface area (Å²) in [6, 6.07) is 10.1. The Kier molecular flexibility index (Phi) is 4.15. The number of hydrogen-bond donors (Lipinski definition) is 1. The van der Waals surface area contributed by atoms with E-state index >= 15 is 0 Å². The van der Waals surface area contributed by atoms with Gasteiger partial charge in [0.15, 0.2) is 0 Å². The maximum absolute atomic E-state index is 12.2. The third kappa shape index (κ3) is 3.07. The highest BCUT2D eigenvalue weighted by atomic mass is 16.2. The highest BCUT2D eigenvalue weighted by Gasteiger charge is 2.25. The molecule has 0 saturated carbocycles. The lowest BCUT2D eigenvalue weighted by Gasteiger charge is -2.22. The third-order valence-corrected chi connectivity index (χ3v) is 3.38. The zero-order chi connectivity index (χ0) is 12.1. The van der Waals surface area contributed by atoms with E-state index in [0.29, 0.717) is 6.54 Å². The first kappa shape index (κ1) is 12.1. The molecule has 0 aromatic heterocycles. The molecule has 0 spiro atoms. The molecule has 1 saturated heterocycles. The fourth-order valence-corrected chi connectivity index (χ4v) is 2.37. The van der Waals surface area contributed by atoms with Crippen LogP contribution < -0.4 is 5.73 Å². The van der Waals surface area contributed by atoms with E-state index in [1.54, 1.807) is 0 Å². The number of hydrogen-bond acceptors (Lipinski definition) is 2. The third-order valence-electron chi connectivity index (χ3n) is 3.38. The molecule has 92 valence electrons. The van der Waals surface area contributed by atoms with Gasteiger partial charge in [-0.3, -0.25) is 4.79 Å². The number of rotatable bonds is 4. The van der Waals surface area contributed by atoms with Crippen LogP contribution in [-0.4, -0.2) is 30.4 Å². The lowest BCUT2D eigenvalue weighted by Crippen LogP contribution is -2.38. The van der Waals surface area contributed by atoms with Crippen molar-refractivity contribution in [1.82, 2.24) is 4.90 Å². The fourth-order valence-electron chi connectivity index (χ4n) is 2.37. The quantitative estimate of drug-likeness (QED) is 0.853. The van der Waals surface area contributed by atoms with Crippen molar-refractivity contribution in [3.05, 3.63) is 35.9 Å². The number of nitrogens with two attached hydrogens (primary N) is 1. The van der Waals surface area contributed by atoms with Crippen LogP contribution in [-0.2, 0) is 11.2 Å². The van der Waals surface area contributed by atoms with Crippen molar-refractivity contribution in [2.45, 2.75) is 19.3 Å². The Morgan fingerprint density at radius 1 is 1.24 bits per heavy atom. The number of benzene rings is 1. The van der Waals surface area contributed by atoms with Gasteiger partial charge in [-0.1, -0.05) is 30.3 Å². The van der Waals surface area contributed by atoms with Crippen molar-refractivity contribution in [3.63, 3.8) is 0 Å². The van der Waals surface area contributed by atoms with Gasteiger partial charge in [0.2, 0.25) is 5.91 Å². The SMILES string of the molecule is NCC(Cc1ccccc1)C(=O)N1CCCC1. The van der Waals surface area contributed by atoms with Crippen molar-refractivity contribution in [3.8, 4) is 0 Å². The molecule has 1 aliphatic heterocycles. The molecule has 2 rings (SSSR count). The molecule has 1 unspecified atom stereocenters.